The molecule has 1 heterocycles. The number of aliphatic hydroxyl groups excluding tert-OH is 1. The summed E-state index contributed by atoms with van der Waals surface area (Å²) in [5.74, 6) is -0.793. The molecular formula is C24H20Br2ClNO5S. The molecule has 10 heteroatoms. The monoisotopic (exact) mass is 627 g/mol. The predicted octanol–water partition coefficient (Wildman–Crippen LogP) is 7.24. The predicted molar refractivity (Wildman–Crippen MR) is 142 cm³/mol. The van der Waals surface area contributed by atoms with E-state index in [9.17, 15) is 14.7 Å². The molecule has 3 rings (SSSR count). The van der Waals surface area contributed by atoms with Gasteiger partial charge in [0.2, 0.25) is 5.91 Å². The van der Waals surface area contributed by atoms with Crippen molar-refractivity contribution in [1.29, 1.82) is 0 Å². The van der Waals surface area contributed by atoms with Crippen LogP contribution in [0.25, 0.3) is 6.08 Å². The number of benzene rings is 2. The summed E-state index contributed by atoms with van der Waals surface area (Å²) in [6, 6.07) is 11.0. The van der Waals surface area contributed by atoms with Crippen molar-refractivity contribution in [3.05, 3.63) is 77.7 Å². The molecule has 1 amide bonds. The standard InChI is InChI=1S/C24H20Br2ClNO5S/c1-3-19(29)28-23-20(24(31)32-4-2)21(30)18(34-23)11-14-9-16(25)22(17(26)10-14)33-12-13-5-7-15(27)8-6-13/h5-11,30H,3-4,12H2,1-2H3/b18-11-,28-23?. The molecule has 1 N–H and O–H groups in total. The average molecular weight is 630 g/mol. The third-order valence-corrected chi connectivity index (χ3v) is 6.96. The summed E-state index contributed by atoms with van der Waals surface area (Å²) in [5.41, 5.74) is 1.57. The zero-order valence-corrected chi connectivity index (χ0v) is 23.0. The number of nitrogens with zero attached hydrogens (tertiary/aromatic N) is 1. The average Bonchev–Trinajstić information content (AvgIpc) is 3.08. The lowest BCUT2D eigenvalue weighted by Crippen LogP contribution is -2.14. The number of esters is 1. The summed E-state index contributed by atoms with van der Waals surface area (Å²) < 4.78 is 12.4. The maximum Gasteiger partial charge on any atom is 0.344 e. The molecule has 2 aromatic rings. The topological polar surface area (TPSA) is 85.2 Å². The Morgan fingerprint density at radius 2 is 1.79 bits per heavy atom. The number of hydrogen-bond acceptors (Lipinski definition) is 6. The maximum absolute atomic E-state index is 12.4. The van der Waals surface area contributed by atoms with Crippen molar-refractivity contribution in [2.75, 3.05) is 6.61 Å². The van der Waals surface area contributed by atoms with Crippen LogP contribution in [0, 0.1) is 0 Å². The van der Waals surface area contributed by atoms with E-state index in [1.165, 1.54) is 0 Å². The molecule has 0 atom stereocenters. The van der Waals surface area contributed by atoms with Crippen molar-refractivity contribution in [3.8, 4) is 5.75 Å². The third-order valence-electron chi connectivity index (χ3n) is 4.51. The number of carbonyl (C=O) groups is 2. The number of amides is 1. The van der Waals surface area contributed by atoms with E-state index in [-0.39, 0.29) is 29.4 Å². The van der Waals surface area contributed by atoms with E-state index in [0.717, 1.165) is 22.9 Å². The Balaban J connectivity index is 1.89. The highest BCUT2D eigenvalue weighted by molar-refractivity contribution is 9.11. The van der Waals surface area contributed by atoms with Gasteiger partial charge in [-0.3, -0.25) is 4.79 Å². The molecule has 0 unspecified atom stereocenters. The molecule has 0 spiro atoms. The second-order valence-electron chi connectivity index (χ2n) is 6.95. The van der Waals surface area contributed by atoms with Crippen LogP contribution in [-0.2, 0) is 20.9 Å². The first-order chi connectivity index (χ1) is 16.2. The van der Waals surface area contributed by atoms with Gasteiger partial charge in [0, 0.05) is 11.4 Å². The first-order valence-electron chi connectivity index (χ1n) is 10.2. The van der Waals surface area contributed by atoms with Gasteiger partial charge in [-0.15, -0.1) is 0 Å². The first-order valence-corrected chi connectivity index (χ1v) is 13.0. The quantitative estimate of drug-likeness (QED) is 0.325. The lowest BCUT2D eigenvalue weighted by atomic mass is 10.1. The smallest absolute Gasteiger partial charge is 0.344 e. The number of thioether (sulfide) groups is 1. The molecular weight excluding hydrogens is 610 g/mol. The minimum Gasteiger partial charge on any atom is -0.506 e. The van der Waals surface area contributed by atoms with Crippen LogP contribution in [0.4, 0.5) is 0 Å². The van der Waals surface area contributed by atoms with Crippen molar-refractivity contribution >= 4 is 78.2 Å². The molecule has 0 fully saturated rings. The molecule has 6 nitrogen and oxygen atoms in total. The Labute approximate surface area is 223 Å². The Kier molecular flexibility index (Phi) is 9.41. The van der Waals surface area contributed by atoms with Crippen molar-refractivity contribution in [2.24, 2.45) is 4.99 Å². The molecule has 0 saturated heterocycles. The van der Waals surface area contributed by atoms with Gasteiger partial charge in [0.1, 0.15) is 28.7 Å². The van der Waals surface area contributed by atoms with Crippen molar-refractivity contribution in [2.45, 2.75) is 26.9 Å². The van der Waals surface area contributed by atoms with E-state index in [4.69, 9.17) is 21.1 Å². The number of hydrogen-bond donors (Lipinski definition) is 1. The summed E-state index contributed by atoms with van der Waals surface area (Å²) in [6.07, 6.45) is 1.87. The van der Waals surface area contributed by atoms with Gasteiger partial charge in [0.05, 0.1) is 20.5 Å². The lowest BCUT2D eigenvalue weighted by molar-refractivity contribution is -0.138. The van der Waals surface area contributed by atoms with E-state index < -0.39 is 11.9 Å². The van der Waals surface area contributed by atoms with Crippen LogP contribution in [-0.4, -0.2) is 28.6 Å². The lowest BCUT2D eigenvalue weighted by Gasteiger charge is -2.12. The van der Waals surface area contributed by atoms with Crippen LogP contribution in [0.15, 0.2) is 66.6 Å². The van der Waals surface area contributed by atoms with Crippen LogP contribution in [0.5, 0.6) is 5.75 Å². The minimum atomic E-state index is -0.730. The summed E-state index contributed by atoms with van der Waals surface area (Å²) in [5, 5.41) is 11.5. The summed E-state index contributed by atoms with van der Waals surface area (Å²) >= 11 is 14.0. The van der Waals surface area contributed by atoms with E-state index in [2.05, 4.69) is 36.9 Å². The number of aliphatic imine (C=N–C) groups is 1. The normalized spacial score (nSPS) is 15.8. The Morgan fingerprint density at radius 1 is 1.15 bits per heavy atom. The van der Waals surface area contributed by atoms with Crippen LogP contribution in [0.3, 0.4) is 0 Å². The molecule has 0 aromatic heterocycles. The van der Waals surface area contributed by atoms with Crippen molar-refractivity contribution in [3.63, 3.8) is 0 Å². The summed E-state index contributed by atoms with van der Waals surface area (Å²) in [7, 11) is 0. The molecule has 34 heavy (non-hydrogen) atoms. The fraction of sp³-hybridized carbons (Fsp3) is 0.208. The summed E-state index contributed by atoms with van der Waals surface area (Å²) in [6.45, 7) is 3.81. The second-order valence-corrected chi connectivity index (χ2v) is 10.1. The van der Waals surface area contributed by atoms with Crippen LogP contribution < -0.4 is 4.74 Å². The van der Waals surface area contributed by atoms with Gasteiger partial charge in [-0.2, -0.15) is 0 Å². The molecule has 1 aliphatic heterocycles. The minimum absolute atomic E-state index is 0.110. The number of rotatable bonds is 7. The van der Waals surface area contributed by atoms with Gasteiger partial charge in [0.15, 0.2) is 0 Å². The van der Waals surface area contributed by atoms with Gasteiger partial charge in [0.25, 0.3) is 0 Å². The Hall–Kier alpha value is -2.07. The van der Waals surface area contributed by atoms with E-state index in [0.29, 0.717) is 31.2 Å². The zero-order valence-electron chi connectivity index (χ0n) is 18.2. The second kappa shape index (κ2) is 12.1. The Bertz CT molecular complexity index is 1190. The third kappa shape index (κ3) is 6.53. The molecule has 2 aromatic carbocycles. The molecule has 0 saturated carbocycles. The Morgan fingerprint density at radius 3 is 2.38 bits per heavy atom. The fourth-order valence-electron chi connectivity index (χ4n) is 2.87. The fourth-order valence-corrected chi connectivity index (χ4v) is 5.48. The van der Waals surface area contributed by atoms with Crippen LogP contribution in [0.1, 0.15) is 31.4 Å². The van der Waals surface area contributed by atoms with Crippen molar-refractivity contribution < 1.29 is 24.2 Å². The molecule has 178 valence electrons. The zero-order chi connectivity index (χ0) is 24.8. The molecule has 0 aliphatic carbocycles. The van der Waals surface area contributed by atoms with Gasteiger partial charge < -0.3 is 14.6 Å². The number of ether oxygens (including phenoxy) is 2. The highest BCUT2D eigenvalue weighted by atomic mass is 79.9. The van der Waals surface area contributed by atoms with Gasteiger partial charge in [-0.05, 0) is 80.3 Å². The van der Waals surface area contributed by atoms with Gasteiger partial charge in [-0.1, -0.05) is 42.4 Å². The van der Waals surface area contributed by atoms with Crippen LogP contribution in [0.2, 0.25) is 5.02 Å². The van der Waals surface area contributed by atoms with E-state index in [1.54, 1.807) is 32.1 Å². The number of aliphatic hydroxyl groups is 1. The van der Waals surface area contributed by atoms with Crippen molar-refractivity contribution in [1.82, 2.24) is 0 Å². The highest BCUT2D eigenvalue weighted by Gasteiger charge is 2.33. The van der Waals surface area contributed by atoms with E-state index in [1.807, 2.05) is 24.3 Å². The number of halogens is 3. The highest BCUT2D eigenvalue weighted by Crippen LogP contribution is 2.41. The van der Waals surface area contributed by atoms with Gasteiger partial charge in [-0.25, -0.2) is 9.79 Å². The SMILES string of the molecule is CCOC(=O)C1=C(O)/C(=C/c2cc(Br)c(OCc3ccc(Cl)cc3)c(Br)c2)SC1=NC(=O)CC. The molecule has 0 bridgehead atoms. The molecule has 0 radical (unpaired) electrons. The number of carbonyl (C=O) groups excluding carboxylic acids is 2. The van der Waals surface area contributed by atoms with E-state index >= 15 is 0 Å². The van der Waals surface area contributed by atoms with Crippen LogP contribution >= 0.6 is 55.2 Å². The maximum atomic E-state index is 12.4. The largest absolute Gasteiger partial charge is 0.506 e. The molecule has 1 aliphatic rings. The summed E-state index contributed by atoms with van der Waals surface area (Å²) in [4.78, 5) is 28.6. The first kappa shape index (κ1) is 26.5. The van der Waals surface area contributed by atoms with Gasteiger partial charge >= 0.3 is 5.97 Å².